The lowest BCUT2D eigenvalue weighted by Crippen LogP contribution is -2.41. The van der Waals surface area contributed by atoms with Gasteiger partial charge in [-0.2, -0.15) is 12.6 Å². The number of carbonyl (C=O) groups is 1. The Morgan fingerprint density at radius 3 is 2.27 bits per heavy atom. The summed E-state index contributed by atoms with van der Waals surface area (Å²) in [6.07, 6.45) is 2.90. The minimum Gasteiger partial charge on any atom is -0.343 e. The normalized spacial score (nSPS) is 19.3. The Balaban J connectivity index is 2.39. The highest BCUT2D eigenvalue weighted by Gasteiger charge is 2.29. The number of likely N-dealkylation sites (tertiary alicyclic amines) is 1. The number of nitrogens with zero attached hydrogens (tertiary/aromatic N) is 1. The molecule has 1 aliphatic heterocycles. The number of amides is 1. The van der Waals surface area contributed by atoms with Crippen molar-refractivity contribution >= 4 is 18.5 Å². The molecule has 1 aliphatic rings. The van der Waals surface area contributed by atoms with Crippen LogP contribution in [0, 0.1) is 11.3 Å². The standard InChI is InChI=1S/C12H23NOS/c1-12(2,3)10-4-7-13(8-5-10)11(14)6-9-15/h10,15H,4-9H2,1-3H3. The maximum absolute atomic E-state index is 11.6. The van der Waals surface area contributed by atoms with Gasteiger partial charge in [0, 0.05) is 19.5 Å². The average molecular weight is 229 g/mol. The van der Waals surface area contributed by atoms with E-state index in [1.807, 2.05) is 4.90 Å². The molecule has 0 aliphatic carbocycles. The highest BCUT2D eigenvalue weighted by molar-refractivity contribution is 7.80. The topological polar surface area (TPSA) is 20.3 Å². The number of piperidine rings is 1. The average Bonchev–Trinajstić information content (AvgIpc) is 2.17. The first-order chi connectivity index (χ1) is 6.95. The molecule has 0 radical (unpaired) electrons. The van der Waals surface area contributed by atoms with Gasteiger partial charge in [0.15, 0.2) is 0 Å². The summed E-state index contributed by atoms with van der Waals surface area (Å²) in [5.41, 5.74) is 0.388. The Bertz CT molecular complexity index is 214. The number of hydrogen-bond acceptors (Lipinski definition) is 2. The van der Waals surface area contributed by atoms with E-state index in [4.69, 9.17) is 0 Å². The van der Waals surface area contributed by atoms with Crippen LogP contribution in [0.4, 0.5) is 0 Å². The Morgan fingerprint density at radius 1 is 1.33 bits per heavy atom. The van der Waals surface area contributed by atoms with Crippen molar-refractivity contribution in [2.45, 2.75) is 40.0 Å². The van der Waals surface area contributed by atoms with E-state index in [1.54, 1.807) is 0 Å². The Morgan fingerprint density at radius 2 is 1.87 bits per heavy atom. The Kier molecular flexibility index (Phi) is 4.50. The zero-order chi connectivity index (χ0) is 11.5. The van der Waals surface area contributed by atoms with Crippen LogP contribution in [0.3, 0.4) is 0 Å². The molecule has 2 nitrogen and oxygen atoms in total. The summed E-state index contributed by atoms with van der Waals surface area (Å²) >= 11 is 4.10. The largest absolute Gasteiger partial charge is 0.343 e. The summed E-state index contributed by atoms with van der Waals surface area (Å²) in [6, 6.07) is 0. The monoisotopic (exact) mass is 229 g/mol. The maximum Gasteiger partial charge on any atom is 0.223 e. The van der Waals surface area contributed by atoms with E-state index in [0.717, 1.165) is 31.8 Å². The van der Waals surface area contributed by atoms with Crippen molar-refractivity contribution in [3.63, 3.8) is 0 Å². The first kappa shape index (κ1) is 12.9. The smallest absolute Gasteiger partial charge is 0.223 e. The zero-order valence-corrected chi connectivity index (χ0v) is 11.0. The first-order valence-corrected chi connectivity index (χ1v) is 6.47. The fraction of sp³-hybridized carbons (Fsp3) is 0.917. The van der Waals surface area contributed by atoms with Crippen molar-refractivity contribution in [2.75, 3.05) is 18.8 Å². The van der Waals surface area contributed by atoms with Crippen LogP contribution in [-0.2, 0) is 4.79 Å². The van der Waals surface area contributed by atoms with Gasteiger partial charge in [0.2, 0.25) is 5.91 Å². The van der Waals surface area contributed by atoms with E-state index >= 15 is 0 Å². The molecule has 1 amide bonds. The third kappa shape index (κ3) is 3.71. The van der Waals surface area contributed by atoms with Gasteiger partial charge in [-0.15, -0.1) is 0 Å². The molecule has 0 aromatic heterocycles. The number of carbonyl (C=O) groups excluding carboxylic acids is 1. The van der Waals surface area contributed by atoms with Crippen LogP contribution in [0.15, 0.2) is 0 Å². The highest BCUT2D eigenvalue weighted by Crippen LogP contribution is 2.34. The Labute approximate surface area is 98.8 Å². The maximum atomic E-state index is 11.6. The molecule has 0 aromatic rings. The second kappa shape index (κ2) is 5.24. The molecule has 0 bridgehead atoms. The lowest BCUT2D eigenvalue weighted by Gasteiger charge is -2.38. The van der Waals surface area contributed by atoms with E-state index in [1.165, 1.54) is 0 Å². The van der Waals surface area contributed by atoms with Gasteiger partial charge in [0.05, 0.1) is 0 Å². The van der Waals surface area contributed by atoms with Crippen molar-refractivity contribution in [1.29, 1.82) is 0 Å². The van der Waals surface area contributed by atoms with Gasteiger partial charge in [-0.05, 0) is 29.9 Å². The van der Waals surface area contributed by atoms with Crippen molar-refractivity contribution in [2.24, 2.45) is 11.3 Å². The molecule has 1 rings (SSSR count). The highest BCUT2D eigenvalue weighted by atomic mass is 32.1. The Hall–Kier alpha value is -0.180. The van der Waals surface area contributed by atoms with Gasteiger partial charge in [-0.25, -0.2) is 0 Å². The second-order valence-electron chi connectivity index (χ2n) is 5.49. The molecule has 0 spiro atoms. The zero-order valence-electron chi connectivity index (χ0n) is 10.1. The molecule has 0 unspecified atom stereocenters. The van der Waals surface area contributed by atoms with E-state index in [9.17, 15) is 4.79 Å². The fourth-order valence-corrected chi connectivity index (χ4v) is 2.44. The molecule has 88 valence electrons. The van der Waals surface area contributed by atoms with Crippen LogP contribution >= 0.6 is 12.6 Å². The van der Waals surface area contributed by atoms with Gasteiger partial charge >= 0.3 is 0 Å². The van der Waals surface area contributed by atoms with Crippen LogP contribution < -0.4 is 0 Å². The molecule has 1 heterocycles. The van der Waals surface area contributed by atoms with Gasteiger partial charge in [0.1, 0.15) is 0 Å². The van der Waals surface area contributed by atoms with Crippen molar-refractivity contribution in [1.82, 2.24) is 4.90 Å². The summed E-state index contributed by atoms with van der Waals surface area (Å²) in [4.78, 5) is 13.6. The number of rotatable bonds is 2. The summed E-state index contributed by atoms with van der Waals surface area (Å²) in [7, 11) is 0. The molecule has 1 saturated heterocycles. The third-order valence-electron chi connectivity index (χ3n) is 3.40. The van der Waals surface area contributed by atoms with Crippen molar-refractivity contribution in [3.8, 4) is 0 Å². The molecule has 0 atom stereocenters. The predicted molar refractivity (Wildman–Crippen MR) is 67.2 cm³/mol. The van der Waals surface area contributed by atoms with E-state index < -0.39 is 0 Å². The van der Waals surface area contributed by atoms with E-state index in [2.05, 4.69) is 33.4 Å². The van der Waals surface area contributed by atoms with Gasteiger partial charge in [-0.1, -0.05) is 20.8 Å². The van der Waals surface area contributed by atoms with Crippen LogP contribution in [0.25, 0.3) is 0 Å². The third-order valence-corrected chi connectivity index (χ3v) is 3.62. The second-order valence-corrected chi connectivity index (χ2v) is 5.94. The van der Waals surface area contributed by atoms with E-state index in [0.29, 0.717) is 17.6 Å². The summed E-state index contributed by atoms with van der Waals surface area (Å²) in [6.45, 7) is 8.76. The van der Waals surface area contributed by atoms with Crippen LogP contribution in [0.2, 0.25) is 0 Å². The SMILES string of the molecule is CC(C)(C)C1CCN(C(=O)CCS)CC1. The van der Waals surface area contributed by atoms with Crippen LogP contribution in [0.5, 0.6) is 0 Å². The molecular weight excluding hydrogens is 206 g/mol. The summed E-state index contributed by atoms with van der Waals surface area (Å²) < 4.78 is 0. The lowest BCUT2D eigenvalue weighted by atomic mass is 9.75. The van der Waals surface area contributed by atoms with Crippen LogP contribution in [-0.4, -0.2) is 29.6 Å². The van der Waals surface area contributed by atoms with Gasteiger partial charge in [-0.3, -0.25) is 4.79 Å². The number of hydrogen-bond donors (Lipinski definition) is 1. The molecule has 15 heavy (non-hydrogen) atoms. The molecule has 3 heteroatoms. The van der Waals surface area contributed by atoms with Gasteiger partial charge in [0.25, 0.3) is 0 Å². The molecule has 0 N–H and O–H groups in total. The molecule has 1 fully saturated rings. The number of thiol groups is 1. The summed E-state index contributed by atoms with van der Waals surface area (Å²) in [5, 5.41) is 0. The van der Waals surface area contributed by atoms with Gasteiger partial charge < -0.3 is 4.90 Å². The fourth-order valence-electron chi connectivity index (χ4n) is 2.25. The summed E-state index contributed by atoms with van der Waals surface area (Å²) in [5.74, 6) is 1.70. The van der Waals surface area contributed by atoms with E-state index in [-0.39, 0.29) is 5.91 Å². The molecule has 0 aromatic carbocycles. The van der Waals surface area contributed by atoms with Crippen molar-refractivity contribution in [3.05, 3.63) is 0 Å². The van der Waals surface area contributed by atoms with Crippen molar-refractivity contribution < 1.29 is 4.79 Å². The molecular formula is C12H23NOS. The predicted octanol–water partition coefficient (Wildman–Crippen LogP) is 2.59. The van der Waals surface area contributed by atoms with Crippen LogP contribution in [0.1, 0.15) is 40.0 Å². The minimum atomic E-state index is 0.275. The lowest BCUT2D eigenvalue weighted by molar-refractivity contribution is -0.132. The first-order valence-electron chi connectivity index (χ1n) is 5.84. The quantitative estimate of drug-likeness (QED) is 0.722. The minimum absolute atomic E-state index is 0.275. The molecule has 0 saturated carbocycles.